The summed E-state index contributed by atoms with van der Waals surface area (Å²) in [6.07, 6.45) is 5.93. The van der Waals surface area contributed by atoms with Gasteiger partial charge < -0.3 is 14.6 Å². The van der Waals surface area contributed by atoms with Crippen LogP contribution in [0.5, 0.6) is 0 Å². The number of rotatable bonds is 6. The molecule has 1 N–H and O–H groups in total. The fraction of sp³-hybridized carbons (Fsp3) is 0.478. The Labute approximate surface area is 176 Å². The molecule has 2 amide bonds. The molecule has 2 aliphatic rings. The number of hydrogen-bond donors (Lipinski definition) is 1. The van der Waals surface area contributed by atoms with Gasteiger partial charge in [0.15, 0.2) is 5.76 Å². The van der Waals surface area contributed by atoms with Crippen LogP contribution in [0.15, 0.2) is 47.1 Å². The lowest BCUT2D eigenvalue weighted by Crippen LogP contribution is -2.57. The summed E-state index contributed by atoms with van der Waals surface area (Å²) in [5.41, 5.74) is 0.879. The van der Waals surface area contributed by atoms with E-state index in [0.29, 0.717) is 44.4 Å². The Bertz CT molecular complexity index is 839. The van der Waals surface area contributed by atoms with Gasteiger partial charge in [0.05, 0.1) is 12.3 Å². The number of benzene rings is 1. The molecule has 1 unspecified atom stereocenters. The maximum absolute atomic E-state index is 13.1. The first-order valence-electron chi connectivity index (χ1n) is 10.7. The van der Waals surface area contributed by atoms with E-state index in [1.807, 2.05) is 0 Å². The topological polar surface area (TPSA) is 65.8 Å². The van der Waals surface area contributed by atoms with Gasteiger partial charge in [-0.3, -0.25) is 14.5 Å². The predicted molar refractivity (Wildman–Crippen MR) is 110 cm³/mol. The zero-order valence-corrected chi connectivity index (χ0v) is 17.1. The molecule has 1 aliphatic heterocycles. The van der Waals surface area contributed by atoms with Crippen molar-refractivity contribution in [2.75, 3.05) is 26.2 Å². The van der Waals surface area contributed by atoms with Gasteiger partial charge in [-0.15, -0.1) is 0 Å². The molecule has 0 spiro atoms. The Hall–Kier alpha value is -2.67. The first kappa shape index (κ1) is 20.6. The molecule has 0 bridgehead atoms. The van der Waals surface area contributed by atoms with E-state index in [0.717, 1.165) is 31.2 Å². The van der Waals surface area contributed by atoms with Crippen LogP contribution in [-0.4, -0.2) is 53.8 Å². The molecule has 7 heteroatoms. The molecule has 6 nitrogen and oxygen atoms in total. The largest absolute Gasteiger partial charge is 0.459 e. The molecule has 1 saturated carbocycles. The van der Waals surface area contributed by atoms with E-state index in [1.54, 1.807) is 29.2 Å². The fourth-order valence-corrected chi connectivity index (χ4v) is 4.61. The minimum Gasteiger partial charge on any atom is -0.459 e. The summed E-state index contributed by atoms with van der Waals surface area (Å²) in [6, 6.07) is 9.41. The van der Waals surface area contributed by atoms with E-state index in [1.165, 1.54) is 18.4 Å². The minimum absolute atomic E-state index is 0.0250. The normalized spacial score (nSPS) is 19.0. The van der Waals surface area contributed by atoms with Crippen LogP contribution in [0.4, 0.5) is 4.39 Å². The number of furan rings is 1. The number of halogens is 1. The number of nitrogens with one attached hydrogen (secondary N) is 1. The van der Waals surface area contributed by atoms with Gasteiger partial charge in [-0.25, -0.2) is 4.39 Å². The first-order chi connectivity index (χ1) is 14.6. The van der Waals surface area contributed by atoms with Crippen molar-refractivity contribution in [1.29, 1.82) is 0 Å². The average Bonchev–Trinajstić information content (AvgIpc) is 3.48. The van der Waals surface area contributed by atoms with Gasteiger partial charge in [0.25, 0.3) is 5.91 Å². The Morgan fingerprint density at radius 2 is 1.77 bits per heavy atom. The second-order valence-corrected chi connectivity index (χ2v) is 8.14. The Kier molecular flexibility index (Phi) is 6.47. The van der Waals surface area contributed by atoms with Crippen molar-refractivity contribution < 1.29 is 18.4 Å². The lowest BCUT2D eigenvalue weighted by atomic mass is 9.95. The molecular weight excluding hydrogens is 385 g/mol. The Balaban J connectivity index is 1.38. The SMILES string of the molecule is O=C(NCc1ccc(F)cc1)C(C1CCCC1)N1CCN(C(=O)c2ccco2)CC1. The van der Waals surface area contributed by atoms with Crippen LogP contribution < -0.4 is 5.32 Å². The van der Waals surface area contributed by atoms with Crippen molar-refractivity contribution in [2.24, 2.45) is 5.92 Å². The lowest BCUT2D eigenvalue weighted by Gasteiger charge is -2.40. The van der Waals surface area contributed by atoms with E-state index in [-0.39, 0.29) is 23.7 Å². The van der Waals surface area contributed by atoms with Crippen molar-refractivity contribution in [3.05, 3.63) is 59.8 Å². The predicted octanol–water partition coefficient (Wildman–Crippen LogP) is 3.05. The Morgan fingerprint density at radius 1 is 1.07 bits per heavy atom. The number of carbonyl (C=O) groups is 2. The maximum Gasteiger partial charge on any atom is 0.289 e. The zero-order chi connectivity index (χ0) is 20.9. The summed E-state index contributed by atoms with van der Waals surface area (Å²) in [6.45, 7) is 2.87. The van der Waals surface area contributed by atoms with Gasteiger partial charge in [-0.2, -0.15) is 0 Å². The molecule has 1 saturated heterocycles. The maximum atomic E-state index is 13.1. The van der Waals surface area contributed by atoms with E-state index in [2.05, 4.69) is 10.2 Å². The summed E-state index contributed by atoms with van der Waals surface area (Å²) in [7, 11) is 0. The number of carbonyl (C=O) groups excluding carboxylic acids is 2. The highest BCUT2D eigenvalue weighted by Crippen LogP contribution is 2.31. The second-order valence-electron chi connectivity index (χ2n) is 8.14. The van der Waals surface area contributed by atoms with Crippen LogP contribution in [0.1, 0.15) is 41.8 Å². The van der Waals surface area contributed by atoms with Crippen LogP contribution in [0.25, 0.3) is 0 Å². The van der Waals surface area contributed by atoms with Gasteiger partial charge >= 0.3 is 0 Å². The third-order valence-corrected chi connectivity index (χ3v) is 6.22. The third-order valence-electron chi connectivity index (χ3n) is 6.22. The standard InChI is InChI=1S/C23H28FN3O3/c24-19-9-7-17(8-10-19)16-25-22(28)21(18-4-1-2-5-18)26-11-13-27(14-12-26)23(29)20-6-3-15-30-20/h3,6-10,15,18,21H,1-2,4-5,11-14,16H2,(H,25,28). The first-order valence-corrected chi connectivity index (χ1v) is 10.7. The van der Waals surface area contributed by atoms with Crippen molar-refractivity contribution in [3.8, 4) is 0 Å². The van der Waals surface area contributed by atoms with E-state index in [4.69, 9.17) is 4.42 Å². The van der Waals surface area contributed by atoms with Crippen LogP contribution in [0.2, 0.25) is 0 Å². The van der Waals surface area contributed by atoms with Crippen LogP contribution >= 0.6 is 0 Å². The summed E-state index contributed by atoms with van der Waals surface area (Å²) < 4.78 is 18.3. The number of piperazine rings is 1. The number of amides is 2. The average molecular weight is 413 g/mol. The van der Waals surface area contributed by atoms with E-state index >= 15 is 0 Å². The highest BCUT2D eigenvalue weighted by Gasteiger charge is 2.37. The molecule has 1 atom stereocenters. The van der Waals surface area contributed by atoms with Gasteiger partial charge in [0, 0.05) is 32.7 Å². The number of hydrogen-bond acceptors (Lipinski definition) is 4. The third kappa shape index (κ3) is 4.73. The minimum atomic E-state index is -0.282. The van der Waals surface area contributed by atoms with E-state index < -0.39 is 0 Å². The smallest absolute Gasteiger partial charge is 0.289 e. The molecule has 1 aromatic carbocycles. The summed E-state index contributed by atoms with van der Waals surface area (Å²) in [5.74, 6) is 0.337. The highest BCUT2D eigenvalue weighted by atomic mass is 19.1. The van der Waals surface area contributed by atoms with Crippen molar-refractivity contribution in [1.82, 2.24) is 15.1 Å². The molecule has 1 aliphatic carbocycles. The van der Waals surface area contributed by atoms with Crippen LogP contribution in [0.3, 0.4) is 0 Å². The van der Waals surface area contributed by atoms with Gasteiger partial charge in [-0.05, 0) is 48.6 Å². The monoisotopic (exact) mass is 413 g/mol. The zero-order valence-electron chi connectivity index (χ0n) is 17.1. The molecule has 160 valence electrons. The van der Waals surface area contributed by atoms with Crippen LogP contribution in [-0.2, 0) is 11.3 Å². The quantitative estimate of drug-likeness (QED) is 0.791. The lowest BCUT2D eigenvalue weighted by molar-refractivity contribution is -0.129. The fourth-order valence-electron chi connectivity index (χ4n) is 4.61. The van der Waals surface area contributed by atoms with Crippen molar-refractivity contribution >= 4 is 11.8 Å². The summed E-state index contributed by atoms with van der Waals surface area (Å²) >= 11 is 0. The summed E-state index contributed by atoms with van der Waals surface area (Å²) in [4.78, 5) is 29.7. The van der Waals surface area contributed by atoms with Gasteiger partial charge in [0.1, 0.15) is 5.82 Å². The molecule has 0 radical (unpaired) electrons. The molecule has 1 aromatic heterocycles. The van der Waals surface area contributed by atoms with Gasteiger partial charge in [-0.1, -0.05) is 25.0 Å². The van der Waals surface area contributed by atoms with Gasteiger partial charge in [0.2, 0.25) is 5.91 Å². The molecular formula is C23H28FN3O3. The highest BCUT2D eigenvalue weighted by molar-refractivity contribution is 5.91. The van der Waals surface area contributed by atoms with Crippen molar-refractivity contribution in [3.63, 3.8) is 0 Å². The molecule has 4 rings (SSSR count). The molecule has 30 heavy (non-hydrogen) atoms. The van der Waals surface area contributed by atoms with Crippen molar-refractivity contribution in [2.45, 2.75) is 38.3 Å². The van der Waals surface area contributed by atoms with E-state index in [9.17, 15) is 14.0 Å². The molecule has 2 heterocycles. The molecule has 2 fully saturated rings. The second kappa shape index (κ2) is 9.43. The molecule has 2 aromatic rings. The van der Waals surface area contributed by atoms with Crippen LogP contribution in [0, 0.1) is 11.7 Å². The Morgan fingerprint density at radius 3 is 2.40 bits per heavy atom. The summed E-state index contributed by atoms with van der Waals surface area (Å²) in [5, 5.41) is 3.05. The number of nitrogens with zero attached hydrogens (tertiary/aromatic N) is 2.